The minimum absolute atomic E-state index is 0. The monoisotopic (exact) mass is 315 g/mol. The van der Waals surface area contributed by atoms with Crippen LogP contribution < -0.4 is 10.5 Å². The van der Waals surface area contributed by atoms with Gasteiger partial charge in [0.2, 0.25) is 0 Å². The third-order valence-electron chi connectivity index (χ3n) is 3.37. The number of hydrogen-bond donors (Lipinski definition) is 1. The number of halogens is 1. The molecule has 0 atom stereocenters. The van der Waals surface area contributed by atoms with E-state index in [1.807, 2.05) is 65.5 Å². The van der Waals surface area contributed by atoms with Gasteiger partial charge in [0, 0.05) is 23.9 Å². The maximum atomic E-state index is 5.87. The first-order valence-corrected chi connectivity index (χ1v) is 6.80. The van der Waals surface area contributed by atoms with Crippen LogP contribution in [0.4, 0.5) is 0 Å². The highest BCUT2D eigenvalue weighted by Crippen LogP contribution is 2.26. The second-order valence-corrected chi connectivity index (χ2v) is 4.72. The molecule has 5 heteroatoms. The van der Waals surface area contributed by atoms with E-state index in [0.717, 1.165) is 28.3 Å². The van der Waals surface area contributed by atoms with Crippen molar-refractivity contribution < 1.29 is 4.74 Å². The molecule has 2 N–H and O–H groups in total. The van der Waals surface area contributed by atoms with Gasteiger partial charge in [0.1, 0.15) is 5.75 Å². The van der Waals surface area contributed by atoms with Gasteiger partial charge < -0.3 is 10.5 Å². The topological polar surface area (TPSA) is 53.1 Å². The van der Waals surface area contributed by atoms with Crippen molar-refractivity contribution in [3.63, 3.8) is 0 Å². The Labute approximate surface area is 135 Å². The van der Waals surface area contributed by atoms with Crippen molar-refractivity contribution in [3.05, 3.63) is 66.4 Å². The number of ether oxygens (including phenoxy) is 1. The molecule has 0 aliphatic heterocycles. The van der Waals surface area contributed by atoms with Crippen LogP contribution in [0.15, 0.2) is 60.8 Å². The van der Waals surface area contributed by atoms with Crippen LogP contribution in [0.3, 0.4) is 0 Å². The Morgan fingerprint density at radius 3 is 2.55 bits per heavy atom. The lowest BCUT2D eigenvalue weighted by Gasteiger charge is -2.03. The molecular weight excluding hydrogens is 298 g/mol. The highest BCUT2D eigenvalue weighted by atomic mass is 35.5. The number of hydrogen-bond acceptors (Lipinski definition) is 3. The third kappa shape index (κ3) is 3.13. The van der Waals surface area contributed by atoms with Crippen molar-refractivity contribution >= 4 is 12.4 Å². The predicted molar refractivity (Wildman–Crippen MR) is 90.7 cm³/mol. The van der Waals surface area contributed by atoms with Crippen LogP contribution in [-0.4, -0.2) is 16.9 Å². The summed E-state index contributed by atoms with van der Waals surface area (Å²) < 4.78 is 7.13. The molecular formula is C17H18ClN3O. The zero-order valence-corrected chi connectivity index (χ0v) is 13.1. The first-order chi connectivity index (χ1) is 10.3. The van der Waals surface area contributed by atoms with Gasteiger partial charge in [0.15, 0.2) is 0 Å². The van der Waals surface area contributed by atoms with Crippen LogP contribution in [-0.2, 0) is 6.54 Å². The SMILES string of the molecule is COc1cccc(-c2nn(-c3ccccc3)cc2CN)c1.Cl. The van der Waals surface area contributed by atoms with Gasteiger partial charge in [-0.05, 0) is 24.3 Å². The van der Waals surface area contributed by atoms with Crippen molar-refractivity contribution in [2.75, 3.05) is 7.11 Å². The zero-order chi connectivity index (χ0) is 14.7. The van der Waals surface area contributed by atoms with Gasteiger partial charge >= 0.3 is 0 Å². The van der Waals surface area contributed by atoms with E-state index >= 15 is 0 Å². The van der Waals surface area contributed by atoms with Crippen LogP contribution in [0.1, 0.15) is 5.56 Å². The number of aromatic nitrogens is 2. The van der Waals surface area contributed by atoms with Crippen molar-refractivity contribution in [1.29, 1.82) is 0 Å². The van der Waals surface area contributed by atoms with Crippen LogP contribution in [0.2, 0.25) is 0 Å². The highest BCUT2D eigenvalue weighted by Gasteiger charge is 2.11. The Kier molecular flexibility index (Phi) is 5.20. The van der Waals surface area contributed by atoms with Crippen LogP contribution in [0, 0.1) is 0 Å². The fourth-order valence-corrected chi connectivity index (χ4v) is 2.29. The first kappa shape index (κ1) is 16.1. The molecule has 0 amide bonds. The van der Waals surface area contributed by atoms with Crippen LogP contribution in [0.5, 0.6) is 5.75 Å². The summed E-state index contributed by atoms with van der Waals surface area (Å²) in [6, 6.07) is 17.9. The first-order valence-electron chi connectivity index (χ1n) is 6.80. The minimum atomic E-state index is 0. The Balaban J connectivity index is 0.00000176. The largest absolute Gasteiger partial charge is 0.497 e. The van der Waals surface area contributed by atoms with E-state index in [0.29, 0.717) is 6.54 Å². The third-order valence-corrected chi connectivity index (χ3v) is 3.37. The van der Waals surface area contributed by atoms with Crippen molar-refractivity contribution in [1.82, 2.24) is 9.78 Å². The summed E-state index contributed by atoms with van der Waals surface area (Å²) in [5.74, 6) is 0.810. The molecule has 1 heterocycles. The van der Waals surface area contributed by atoms with Crippen LogP contribution >= 0.6 is 12.4 Å². The van der Waals surface area contributed by atoms with Gasteiger partial charge in [-0.2, -0.15) is 5.10 Å². The van der Waals surface area contributed by atoms with Gasteiger partial charge in [0.05, 0.1) is 18.5 Å². The molecule has 3 rings (SSSR count). The van der Waals surface area contributed by atoms with E-state index in [9.17, 15) is 0 Å². The van der Waals surface area contributed by atoms with Gasteiger partial charge in [-0.15, -0.1) is 12.4 Å². The van der Waals surface area contributed by atoms with E-state index in [-0.39, 0.29) is 12.4 Å². The molecule has 0 unspecified atom stereocenters. The summed E-state index contributed by atoms with van der Waals surface area (Å²) in [4.78, 5) is 0. The van der Waals surface area contributed by atoms with Gasteiger partial charge in [-0.25, -0.2) is 4.68 Å². The number of nitrogens with zero attached hydrogens (tertiary/aromatic N) is 2. The van der Waals surface area contributed by atoms with E-state index < -0.39 is 0 Å². The van der Waals surface area contributed by atoms with Crippen LogP contribution in [0.25, 0.3) is 16.9 Å². The Morgan fingerprint density at radius 2 is 1.86 bits per heavy atom. The quantitative estimate of drug-likeness (QED) is 0.802. The molecule has 114 valence electrons. The normalized spacial score (nSPS) is 10.1. The van der Waals surface area contributed by atoms with Gasteiger partial charge in [-0.1, -0.05) is 30.3 Å². The van der Waals surface area contributed by atoms with E-state index in [1.54, 1.807) is 7.11 Å². The van der Waals surface area contributed by atoms with E-state index in [2.05, 4.69) is 5.10 Å². The molecule has 1 aromatic heterocycles. The van der Waals surface area contributed by atoms with Gasteiger partial charge in [0.25, 0.3) is 0 Å². The minimum Gasteiger partial charge on any atom is -0.497 e. The molecule has 2 aromatic carbocycles. The molecule has 0 saturated heterocycles. The lowest BCUT2D eigenvalue weighted by Crippen LogP contribution is -1.96. The van der Waals surface area contributed by atoms with Crippen molar-refractivity contribution in [3.8, 4) is 22.7 Å². The summed E-state index contributed by atoms with van der Waals surface area (Å²) in [5.41, 5.74) is 9.78. The Bertz CT molecular complexity index is 741. The molecule has 0 bridgehead atoms. The number of para-hydroxylation sites is 1. The maximum Gasteiger partial charge on any atom is 0.119 e. The number of benzene rings is 2. The zero-order valence-electron chi connectivity index (χ0n) is 12.3. The number of nitrogens with two attached hydrogens (primary N) is 1. The maximum absolute atomic E-state index is 5.87. The second kappa shape index (κ2) is 7.11. The molecule has 0 aliphatic carbocycles. The van der Waals surface area contributed by atoms with E-state index in [4.69, 9.17) is 10.5 Å². The molecule has 0 fully saturated rings. The Hall–Kier alpha value is -2.30. The fraction of sp³-hybridized carbons (Fsp3) is 0.118. The second-order valence-electron chi connectivity index (χ2n) is 4.72. The number of rotatable bonds is 4. The molecule has 0 saturated carbocycles. The molecule has 22 heavy (non-hydrogen) atoms. The Morgan fingerprint density at radius 1 is 1.09 bits per heavy atom. The summed E-state index contributed by atoms with van der Waals surface area (Å²) in [5, 5.41) is 4.68. The molecule has 0 spiro atoms. The summed E-state index contributed by atoms with van der Waals surface area (Å²) in [6.45, 7) is 0.444. The molecule has 3 aromatic rings. The van der Waals surface area contributed by atoms with Gasteiger partial charge in [-0.3, -0.25) is 0 Å². The predicted octanol–water partition coefficient (Wildman–Crippen LogP) is 3.43. The lowest BCUT2D eigenvalue weighted by atomic mass is 10.1. The van der Waals surface area contributed by atoms with Crippen molar-refractivity contribution in [2.45, 2.75) is 6.54 Å². The molecule has 4 nitrogen and oxygen atoms in total. The number of methoxy groups -OCH3 is 1. The lowest BCUT2D eigenvalue weighted by molar-refractivity contribution is 0.415. The fourth-order valence-electron chi connectivity index (χ4n) is 2.29. The molecule has 0 radical (unpaired) electrons. The van der Waals surface area contributed by atoms with E-state index in [1.165, 1.54) is 0 Å². The summed E-state index contributed by atoms with van der Waals surface area (Å²) >= 11 is 0. The summed E-state index contributed by atoms with van der Waals surface area (Å²) in [7, 11) is 1.66. The smallest absolute Gasteiger partial charge is 0.119 e. The standard InChI is InChI=1S/C17H17N3O.ClH/c1-21-16-9-5-6-13(10-16)17-14(11-18)12-20(19-17)15-7-3-2-4-8-15;/h2-10,12H,11,18H2,1H3;1H. The summed E-state index contributed by atoms with van der Waals surface area (Å²) in [6.07, 6.45) is 1.98. The average Bonchev–Trinajstić information content (AvgIpc) is 3.00. The average molecular weight is 316 g/mol. The molecule has 0 aliphatic rings. The highest BCUT2D eigenvalue weighted by molar-refractivity contribution is 5.85. The van der Waals surface area contributed by atoms with Crippen molar-refractivity contribution in [2.24, 2.45) is 5.73 Å².